The second-order valence-corrected chi connectivity index (χ2v) is 4.27. The summed E-state index contributed by atoms with van der Waals surface area (Å²) in [5.41, 5.74) is 3.09. The van der Waals surface area contributed by atoms with Gasteiger partial charge in [-0.2, -0.15) is 0 Å². The van der Waals surface area contributed by atoms with Gasteiger partial charge in [-0.15, -0.1) is 0 Å². The van der Waals surface area contributed by atoms with E-state index in [1.807, 2.05) is 36.5 Å². The largest absolute Gasteiger partial charge is 0.497 e. The molecule has 2 rings (SSSR count). The Labute approximate surface area is 114 Å². The van der Waals surface area contributed by atoms with Crippen LogP contribution in [0.3, 0.4) is 0 Å². The predicted molar refractivity (Wildman–Crippen MR) is 75.3 cm³/mol. The van der Waals surface area contributed by atoms with E-state index in [2.05, 4.69) is 11.1 Å². The topological polar surface area (TPSA) is 31.4 Å². The summed E-state index contributed by atoms with van der Waals surface area (Å²) in [6.07, 6.45) is 3.79. The first-order valence-corrected chi connectivity index (χ1v) is 6.34. The minimum absolute atomic E-state index is 0.772. The van der Waals surface area contributed by atoms with Gasteiger partial charge in [-0.1, -0.05) is 0 Å². The highest BCUT2D eigenvalue weighted by molar-refractivity contribution is 5.59. The number of aromatic nitrogens is 1. The number of hydrogen-bond acceptors (Lipinski definition) is 3. The average Bonchev–Trinajstić information content (AvgIpc) is 2.48. The third-order valence-corrected chi connectivity index (χ3v) is 2.92. The van der Waals surface area contributed by atoms with Gasteiger partial charge in [-0.3, -0.25) is 4.98 Å². The summed E-state index contributed by atoms with van der Waals surface area (Å²) in [5, 5.41) is 0. The molecule has 0 aliphatic carbocycles. The van der Waals surface area contributed by atoms with Crippen LogP contribution in [-0.2, 0) is 11.2 Å². The van der Waals surface area contributed by atoms with Crippen LogP contribution in [-0.4, -0.2) is 25.8 Å². The van der Waals surface area contributed by atoms with Crippen LogP contribution in [0.5, 0.6) is 5.75 Å². The number of ether oxygens (including phenoxy) is 2. The Balaban J connectivity index is 2.12. The van der Waals surface area contributed by atoms with Crippen LogP contribution in [0.2, 0.25) is 0 Å². The summed E-state index contributed by atoms with van der Waals surface area (Å²) in [7, 11) is 3.38. The standard InChI is InChI=1S/C16H18NO2/c1-18-11-3-4-13-9-10-17-16(12-13)14-5-7-15(19-2)8-6-14/h5-10H,3-4,11H2,1-2H3. The summed E-state index contributed by atoms with van der Waals surface area (Å²) < 4.78 is 10.2. The van der Waals surface area contributed by atoms with Crippen molar-refractivity contribution in [2.75, 3.05) is 20.8 Å². The summed E-state index contributed by atoms with van der Waals surface area (Å²) in [4.78, 5) is 4.37. The van der Waals surface area contributed by atoms with E-state index in [0.29, 0.717) is 0 Å². The van der Waals surface area contributed by atoms with Crippen molar-refractivity contribution in [2.45, 2.75) is 12.8 Å². The number of rotatable bonds is 6. The van der Waals surface area contributed by atoms with Crippen LogP contribution in [0.1, 0.15) is 12.0 Å². The molecule has 0 fully saturated rings. The number of nitrogens with zero attached hydrogens (tertiary/aromatic N) is 1. The van der Waals surface area contributed by atoms with E-state index >= 15 is 0 Å². The molecule has 19 heavy (non-hydrogen) atoms. The van der Waals surface area contributed by atoms with E-state index in [4.69, 9.17) is 9.47 Å². The zero-order valence-corrected chi connectivity index (χ0v) is 11.3. The first-order chi connectivity index (χ1) is 9.33. The fourth-order valence-electron chi connectivity index (χ4n) is 1.88. The van der Waals surface area contributed by atoms with E-state index in [9.17, 15) is 0 Å². The Morgan fingerprint density at radius 2 is 1.89 bits per heavy atom. The molecular formula is C16H18NO2. The first-order valence-electron chi connectivity index (χ1n) is 6.34. The lowest BCUT2D eigenvalue weighted by atomic mass is 10.1. The molecule has 0 atom stereocenters. The highest BCUT2D eigenvalue weighted by atomic mass is 16.5. The predicted octanol–water partition coefficient (Wildman–Crippen LogP) is 3.14. The van der Waals surface area contributed by atoms with E-state index in [0.717, 1.165) is 42.0 Å². The van der Waals surface area contributed by atoms with Crippen LogP contribution < -0.4 is 4.74 Å². The third-order valence-electron chi connectivity index (χ3n) is 2.92. The zero-order valence-electron chi connectivity index (χ0n) is 11.3. The van der Waals surface area contributed by atoms with Crippen molar-refractivity contribution in [2.24, 2.45) is 0 Å². The maximum Gasteiger partial charge on any atom is 0.118 e. The molecule has 0 bridgehead atoms. The van der Waals surface area contributed by atoms with Gasteiger partial charge in [0.25, 0.3) is 0 Å². The quantitative estimate of drug-likeness (QED) is 0.744. The van der Waals surface area contributed by atoms with Gasteiger partial charge in [0, 0.05) is 31.5 Å². The highest BCUT2D eigenvalue weighted by Gasteiger charge is 2.02. The van der Waals surface area contributed by atoms with E-state index < -0.39 is 0 Å². The lowest BCUT2D eigenvalue weighted by Crippen LogP contribution is -1.94. The molecule has 1 aromatic carbocycles. The second-order valence-electron chi connectivity index (χ2n) is 4.27. The number of pyridine rings is 1. The van der Waals surface area contributed by atoms with Gasteiger partial charge in [0.2, 0.25) is 0 Å². The molecule has 0 aliphatic rings. The third kappa shape index (κ3) is 3.80. The molecule has 2 aromatic rings. The van der Waals surface area contributed by atoms with Gasteiger partial charge < -0.3 is 9.47 Å². The van der Waals surface area contributed by atoms with Crippen molar-refractivity contribution in [1.82, 2.24) is 4.98 Å². The molecule has 0 aliphatic heterocycles. The summed E-state index contributed by atoms with van der Waals surface area (Å²) in [6.45, 7) is 0.772. The van der Waals surface area contributed by atoms with Crippen molar-refractivity contribution >= 4 is 0 Å². The fraction of sp³-hybridized carbons (Fsp3) is 0.312. The van der Waals surface area contributed by atoms with Crippen molar-refractivity contribution in [3.8, 4) is 17.0 Å². The maximum absolute atomic E-state index is 5.15. The molecule has 0 amide bonds. The Morgan fingerprint density at radius 3 is 2.58 bits per heavy atom. The first kappa shape index (κ1) is 13.6. The monoisotopic (exact) mass is 256 g/mol. The minimum Gasteiger partial charge on any atom is -0.497 e. The van der Waals surface area contributed by atoms with Crippen LogP contribution in [0.15, 0.2) is 36.5 Å². The molecule has 3 heteroatoms. The molecule has 0 saturated heterocycles. The average molecular weight is 256 g/mol. The molecule has 99 valence electrons. The number of hydrogen-bond donors (Lipinski definition) is 0. The molecular weight excluding hydrogens is 238 g/mol. The van der Waals surface area contributed by atoms with E-state index in [-0.39, 0.29) is 0 Å². The highest BCUT2D eigenvalue weighted by Crippen LogP contribution is 2.21. The van der Waals surface area contributed by atoms with Crippen LogP contribution >= 0.6 is 0 Å². The van der Waals surface area contributed by atoms with Gasteiger partial charge in [0.15, 0.2) is 0 Å². The van der Waals surface area contributed by atoms with Gasteiger partial charge in [-0.05, 0) is 48.7 Å². The Kier molecular flexibility index (Phi) is 4.93. The lowest BCUT2D eigenvalue weighted by molar-refractivity contribution is 0.195. The normalized spacial score (nSPS) is 10.4. The maximum atomic E-state index is 5.15. The van der Waals surface area contributed by atoms with Gasteiger partial charge in [-0.25, -0.2) is 0 Å². The van der Waals surface area contributed by atoms with Crippen molar-refractivity contribution < 1.29 is 9.47 Å². The summed E-state index contributed by atoms with van der Waals surface area (Å²) in [5.74, 6) is 0.847. The SMILES string of the molecule is COCCCc1[c]c(-c2ccc(OC)cc2)ncc1. The molecule has 1 radical (unpaired) electrons. The summed E-state index contributed by atoms with van der Waals surface area (Å²) >= 11 is 0. The molecule has 0 spiro atoms. The minimum atomic E-state index is 0.772. The van der Waals surface area contributed by atoms with Crippen molar-refractivity contribution in [1.29, 1.82) is 0 Å². The van der Waals surface area contributed by atoms with Crippen molar-refractivity contribution in [3.05, 3.63) is 48.2 Å². The van der Waals surface area contributed by atoms with Crippen molar-refractivity contribution in [3.63, 3.8) is 0 Å². The Bertz CT molecular complexity index is 508. The molecule has 1 aromatic heterocycles. The molecule has 0 saturated carbocycles. The van der Waals surface area contributed by atoms with Gasteiger partial charge >= 0.3 is 0 Å². The number of aryl methyl sites for hydroxylation is 1. The van der Waals surface area contributed by atoms with Crippen LogP contribution in [0.25, 0.3) is 11.3 Å². The van der Waals surface area contributed by atoms with Gasteiger partial charge in [0.05, 0.1) is 12.8 Å². The van der Waals surface area contributed by atoms with E-state index in [1.54, 1.807) is 14.2 Å². The molecule has 0 N–H and O–H groups in total. The summed E-state index contributed by atoms with van der Waals surface area (Å²) in [6, 6.07) is 13.2. The number of benzene rings is 1. The Hall–Kier alpha value is -1.87. The molecule has 3 nitrogen and oxygen atoms in total. The van der Waals surface area contributed by atoms with Crippen LogP contribution in [0.4, 0.5) is 0 Å². The molecule has 0 unspecified atom stereocenters. The fourth-order valence-corrected chi connectivity index (χ4v) is 1.88. The lowest BCUT2D eigenvalue weighted by Gasteiger charge is -2.05. The zero-order chi connectivity index (χ0) is 13.5. The molecule has 1 heterocycles. The van der Waals surface area contributed by atoms with Gasteiger partial charge in [0.1, 0.15) is 5.75 Å². The number of methoxy groups -OCH3 is 2. The van der Waals surface area contributed by atoms with E-state index in [1.165, 1.54) is 0 Å². The second kappa shape index (κ2) is 6.90. The Morgan fingerprint density at radius 1 is 1.11 bits per heavy atom. The smallest absolute Gasteiger partial charge is 0.118 e. The van der Waals surface area contributed by atoms with Crippen LogP contribution in [0, 0.1) is 6.07 Å².